The number of Topliss-reactive ketones (excluding diaryl/α,β-unsaturated/α-hetero) is 2. The van der Waals surface area contributed by atoms with Gasteiger partial charge in [0.25, 0.3) is 0 Å². The molecule has 3 rings (SSSR count). The molecule has 0 N–H and O–H groups in total. The van der Waals surface area contributed by atoms with E-state index in [0.29, 0.717) is 16.7 Å². The molecule has 0 amide bonds. The fourth-order valence-corrected chi connectivity index (χ4v) is 3.54. The van der Waals surface area contributed by atoms with Crippen molar-refractivity contribution in [1.29, 1.82) is 0 Å². The minimum Gasteiger partial charge on any atom is -0.293 e. The highest BCUT2D eigenvalue weighted by atomic mass is 16.6. The average molecular weight is 401 g/mol. The van der Waals surface area contributed by atoms with E-state index in [1.54, 1.807) is 78.9 Å². The minimum absolute atomic E-state index is 0.371. The molecule has 152 valence electrons. The Hall–Kier alpha value is -3.60. The molecule has 0 heterocycles. The van der Waals surface area contributed by atoms with Gasteiger partial charge in [0.2, 0.25) is 6.54 Å². The van der Waals surface area contributed by atoms with Gasteiger partial charge >= 0.3 is 0 Å². The molecular weight excluding hydrogens is 378 g/mol. The zero-order valence-electron chi connectivity index (χ0n) is 16.9. The molecule has 0 spiro atoms. The molecule has 5 nitrogen and oxygen atoms in total. The summed E-state index contributed by atoms with van der Waals surface area (Å²) >= 11 is 0. The van der Waals surface area contributed by atoms with Crippen LogP contribution in [0.1, 0.15) is 43.3 Å². The molecule has 0 bridgehead atoms. The van der Waals surface area contributed by atoms with Gasteiger partial charge in [0, 0.05) is 16.1 Å². The zero-order valence-corrected chi connectivity index (χ0v) is 16.9. The van der Waals surface area contributed by atoms with Crippen molar-refractivity contribution < 1.29 is 14.5 Å². The number of nitro groups is 1. The van der Waals surface area contributed by atoms with Crippen molar-refractivity contribution in [3.63, 3.8) is 0 Å². The smallest absolute Gasteiger partial charge is 0.211 e. The van der Waals surface area contributed by atoms with Crippen LogP contribution in [0.4, 0.5) is 0 Å². The van der Waals surface area contributed by atoms with Crippen molar-refractivity contribution in [2.24, 2.45) is 5.92 Å². The van der Waals surface area contributed by atoms with E-state index in [1.165, 1.54) is 0 Å². The summed E-state index contributed by atoms with van der Waals surface area (Å²) in [6, 6.07) is 22.6. The van der Waals surface area contributed by atoms with E-state index in [9.17, 15) is 19.7 Å². The third kappa shape index (κ3) is 4.87. The molecule has 0 aromatic heterocycles. The van der Waals surface area contributed by atoms with Gasteiger partial charge in [-0.1, -0.05) is 90.0 Å². The fourth-order valence-electron chi connectivity index (χ4n) is 3.54. The maximum absolute atomic E-state index is 13.5. The first kappa shape index (κ1) is 21.1. The number of hydrogen-bond acceptors (Lipinski definition) is 4. The maximum Gasteiger partial charge on any atom is 0.211 e. The number of aryl methyl sites for hydroxylation is 2. The van der Waals surface area contributed by atoms with Crippen LogP contribution in [0.2, 0.25) is 0 Å². The van der Waals surface area contributed by atoms with Gasteiger partial charge < -0.3 is 0 Å². The number of rotatable bonds is 8. The topological polar surface area (TPSA) is 77.3 Å². The van der Waals surface area contributed by atoms with Gasteiger partial charge in [-0.2, -0.15) is 0 Å². The summed E-state index contributed by atoms with van der Waals surface area (Å²) in [5.41, 5.74) is 3.31. The number of ketones is 2. The Morgan fingerprint density at radius 1 is 0.767 bits per heavy atom. The third-order valence-corrected chi connectivity index (χ3v) is 5.21. The Balaban J connectivity index is 2.12. The van der Waals surface area contributed by atoms with Crippen molar-refractivity contribution in [1.82, 2.24) is 0 Å². The molecule has 5 heteroatoms. The van der Waals surface area contributed by atoms with Crippen molar-refractivity contribution in [3.8, 4) is 0 Å². The first-order valence-electron chi connectivity index (χ1n) is 9.75. The van der Waals surface area contributed by atoms with Crippen molar-refractivity contribution in [2.45, 2.75) is 19.8 Å². The Labute approximate surface area is 175 Å². The van der Waals surface area contributed by atoms with Crippen molar-refractivity contribution in [3.05, 3.63) is 117 Å². The van der Waals surface area contributed by atoms with E-state index in [2.05, 4.69) is 0 Å². The van der Waals surface area contributed by atoms with Crippen molar-refractivity contribution >= 4 is 11.6 Å². The zero-order chi connectivity index (χ0) is 21.7. The van der Waals surface area contributed by atoms with Crippen LogP contribution in [-0.2, 0) is 0 Å². The quantitative estimate of drug-likeness (QED) is 0.229. The molecule has 0 saturated carbocycles. The first-order valence-corrected chi connectivity index (χ1v) is 9.75. The molecule has 3 aromatic rings. The molecule has 0 aliphatic rings. The van der Waals surface area contributed by atoms with Crippen LogP contribution in [0.5, 0.6) is 0 Å². The fraction of sp³-hybridized carbons (Fsp3) is 0.200. The number of hydrogen-bond donors (Lipinski definition) is 0. The summed E-state index contributed by atoms with van der Waals surface area (Å²) in [5, 5.41) is 11.5. The Bertz CT molecular complexity index is 983. The van der Waals surface area contributed by atoms with E-state index >= 15 is 0 Å². The Morgan fingerprint density at radius 2 is 1.20 bits per heavy atom. The van der Waals surface area contributed by atoms with Gasteiger partial charge in [-0.25, -0.2) is 0 Å². The van der Waals surface area contributed by atoms with Gasteiger partial charge in [-0.05, 0) is 19.4 Å². The van der Waals surface area contributed by atoms with Crippen LogP contribution in [0.3, 0.4) is 0 Å². The monoisotopic (exact) mass is 401 g/mol. The largest absolute Gasteiger partial charge is 0.293 e. The molecule has 0 aliphatic heterocycles. The van der Waals surface area contributed by atoms with Gasteiger partial charge in [-0.15, -0.1) is 0 Å². The highest BCUT2D eigenvalue weighted by Gasteiger charge is 2.39. The second kappa shape index (κ2) is 9.27. The SMILES string of the molecule is Cc1ccc(C(=O)C(C(=O)c2ccc(C)cc2)[C@H](C[N+](=O)[O-])c2ccccc2)cc1. The second-order valence-electron chi connectivity index (χ2n) is 7.47. The number of carbonyl (C=O) groups is 2. The molecular formula is C25H23NO4. The molecule has 0 aliphatic carbocycles. The van der Waals surface area contributed by atoms with Gasteiger partial charge in [0.05, 0.1) is 11.8 Å². The van der Waals surface area contributed by atoms with Crippen LogP contribution >= 0.6 is 0 Å². The molecule has 3 aromatic carbocycles. The second-order valence-corrected chi connectivity index (χ2v) is 7.47. The van der Waals surface area contributed by atoms with E-state index < -0.39 is 34.9 Å². The highest BCUT2D eigenvalue weighted by molar-refractivity contribution is 6.16. The summed E-state index contributed by atoms with van der Waals surface area (Å²) in [7, 11) is 0. The lowest BCUT2D eigenvalue weighted by Crippen LogP contribution is -2.34. The molecule has 1 atom stereocenters. The van der Waals surface area contributed by atoms with E-state index in [-0.39, 0.29) is 0 Å². The Morgan fingerprint density at radius 3 is 1.60 bits per heavy atom. The van der Waals surface area contributed by atoms with Crippen LogP contribution in [0, 0.1) is 29.9 Å². The number of benzene rings is 3. The number of nitrogens with zero attached hydrogens (tertiary/aromatic N) is 1. The van der Waals surface area contributed by atoms with E-state index in [4.69, 9.17) is 0 Å². The lowest BCUT2D eigenvalue weighted by atomic mass is 9.77. The van der Waals surface area contributed by atoms with Gasteiger partial charge in [-0.3, -0.25) is 19.7 Å². The molecule has 0 unspecified atom stereocenters. The van der Waals surface area contributed by atoms with Crippen LogP contribution in [-0.4, -0.2) is 23.0 Å². The van der Waals surface area contributed by atoms with Crippen LogP contribution in [0.15, 0.2) is 78.9 Å². The van der Waals surface area contributed by atoms with Crippen molar-refractivity contribution in [2.75, 3.05) is 6.54 Å². The Kier molecular flexibility index (Phi) is 6.52. The van der Waals surface area contributed by atoms with Crippen LogP contribution in [0.25, 0.3) is 0 Å². The predicted octanol–water partition coefficient (Wildman–Crippen LogP) is 5.05. The summed E-state index contributed by atoms with van der Waals surface area (Å²) in [5.74, 6) is -2.88. The summed E-state index contributed by atoms with van der Waals surface area (Å²) in [6.45, 7) is 3.30. The van der Waals surface area contributed by atoms with Gasteiger partial charge in [0.15, 0.2) is 11.6 Å². The minimum atomic E-state index is -1.19. The van der Waals surface area contributed by atoms with E-state index in [0.717, 1.165) is 11.1 Å². The molecule has 0 fully saturated rings. The van der Waals surface area contributed by atoms with Crippen LogP contribution < -0.4 is 0 Å². The average Bonchev–Trinajstić information content (AvgIpc) is 2.74. The first-order chi connectivity index (χ1) is 14.4. The molecule has 30 heavy (non-hydrogen) atoms. The summed E-state index contributed by atoms with van der Waals surface area (Å²) < 4.78 is 0. The lowest BCUT2D eigenvalue weighted by Gasteiger charge is -2.23. The lowest BCUT2D eigenvalue weighted by molar-refractivity contribution is -0.484. The predicted molar refractivity (Wildman–Crippen MR) is 116 cm³/mol. The molecule has 0 radical (unpaired) electrons. The number of carbonyl (C=O) groups excluding carboxylic acids is 2. The summed E-state index contributed by atoms with van der Waals surface area (Å²) in [6.07, 6.45) is 0. The molecule has 0 saturated heterocycles. The normalized spacial score (nSPS) is 11.8. The third-order valence-electron chi connectivity index (χ3n) is 5.21. The standard InChI is InChI=1S/C25H23NO4/c1-17-8-12-20(13-9-17)24(27)23(25(28)21-14-10-18(2)11-15-21)22(16-26(29)30)19-6-4-3-5-7-19/h3-15,22-23H,16H2,1-2H3/t22-/m1/s1. The van der Waals surface area contributed by atoms with Gasteiger partial charge in [0.1, 0.15) is 0 Å². The maximum atomic E-state index is 13.5. The summed E-state index contributed by atoms with van der Waals surface area (Å²) in [4.78, 5) is 38.0. The highest BCUT2D eigenvalue weighted by Crippen LogP contribution is 2.31. The van der Waals surface area contributed by atoms with E-state index in [1.807, 2.05) is 13.8 Å².